The number of nitrogens with zero attached hydrogens (tertiary/aromatic N) is 2. The number of hydrogen-bond acceptors (Lipinski definition) is 2. The van der Waals surface area contributed by atoms with Crippen LogP contribution in [0.1, 0.15) is 69.4 Å². The van der Waals surface area contributed by atoms with Crippen LogP contribution < -0.4 is 0 Å². The molecule has 1 aliphatic rings. The molecule has 1 saturated carbocycles. The van der Waals surface area contributed by atoms with Crippen molar-refractivity contribution in [2.45, 2.75) is 64.7 Å². The van der Waals surface area contributed by atoms with Crippen LogP contribution in [0.4, 0.5) is 0 Å². The van der Waals surface area contributed by atoms with E-state index < -0.39 is 0 Å². The summed E-state index contributed by atoms with van der Waals surface area (Å²) in [7, 11) is 0. The van der Waals surface area contributed by atoms with Gasteiger partial charge in [0, 0.05) is 18.0 Å². The van der Waals surface area contributed by atoms with Crippen LogP contribution in [0, 0.1) is 5.92 Å². The molecule has 2 heteroatoms. The van der Waals surface area contributed by atoms with Crippen molar-refractivity contribution in [1.82, 2.24) is 9.97 Å². The Morgan fingerprint density at radius 3 is 2.13 bits per heavy atom. The largest absolute Gasteiger partial charge is 0.236 e. The first-order valence-corrected chi connectivity index (χ1v) is 9.21. The number of benzene rings is 1. The molecule has 3 rings (SSSR count). The molecule has 1 fully saturated rings. The first-order valence-electron chi connectivity index (χ1n) is 9.21. The van der Waals surface area contributed by atoms with E-state index in [4.69, 9.17) is 0 Å². The lowest BCUT2D eigenvalue weighted by atomic mass is 9.77. The highest BCUT2D eigenvalue weighted by Gasteiger charge is 2.21. The van der Waals surface area contributed by atoms with Crippen LogP contribution in [0.2, 0.25) is 0 Å². The van der Waals surface area contributed by atoms with Gasteiger partial charge in [0.15, 0.2) is 5.82 Å². The Kier molecular flexibility index (Phi) is 5.43. The van der Waals surface area contributed by atoms with E-state index in [2.05, 4.69) is 48.1 Å². The lowest BCUT2D eigenvalue weighted by molar-refractivity contribution is 0.308. The van der Waals surface area contributed by atoms with Crippen LogP contribution in [-0.2, 0) is 6.42 Å². The number of aryl methyl sites for hydroxylation is 1. The Bertz CT molecular complexity index is 593. The first kappa shape index (κ1) is 16.2. The second-order valence-corrected chi connectivity index (χ2v) is 6.90. The number of hydrogen-bond donors (Lipinski definition) is 0. The van der Waals surface area contributed by atoms with Gasteiger partial charge in [-0.1, -0.05) is 51.0 Å². The van der Waals surface area contributed by atoms with Crippen LogP contribution in [0.25, 0.3) is 11.4 Å². The minimum atomic E-state index is 0.751. The van der Waals surface area contributed by atoms with Crippen molar-refractivity contribution in [3.8, 4) is 11.4 Å². The predicted molar refractivity (Wildman–Crippen MR) is 96.5 cm³/mol. The molecule has 2 aromatic rings. The van der Waals surface area contributed by atoms with E-state index >= 15 is 0 Å². The zero-order valence-corrected chi connectivity index (χ0v) is 14.5. The second-order valence-electron chi connectivity index (χ2n) is 6.90. The topological polar surface area (TPSA) is 25.8 Å². The SMILES string of the molecule is CCC[C@H]1CC[C@H](c2ccc(-c3ncc(CC)cn3)cc2)CC1. The molecule has 0 N–H and O–H groups in total. The second kappa shape index (κ2) is 7.72. The van der Waals surface area contributed by atoms with Gasteiger partial charge in [-0.05, 0) is 55.1 Å². The van der Waals surface area contributed by atoms with Gasteiger partial charge in [-0.3, -0.25) is 0 Å². The smallest absolute Gasteiger partial charge is 0.159 e. The molecular formula is C21H28N2. The Hall–Kier alpha value is -1.70. The maximum Gasteiger partial charge on any atom is 0.159 e. The van der Waals surface area contributed by atoms with Crippen molar-refractivity contribution in [3.05, 3.63) is 47.8 Å². The molecule has 1 aliphatic carbocycles. The molecule has 0 aliphatic heterocycles. The molecule has 1 heterocycles. The summed E-state index contributed by atoms with van der Waals surface area (Å²) >= 11 is 0. The van der Waals surface area contributed by atoms with Crippen molar-refractivity contribution < 1.29 is 0 Å². The summed E-state index contributed by atoms with van der Waals surface area (Å²) in [5.41, 5.74) is 3.80. The molecule has 0 unspecified atom stereocenters. The van der Waals surface area contributed by atoms with Gasteiger partial charge >= 0.3 is 0 Å². The van der Waals surface area contributed by atoms with Crippen molar-refractivity contribution in [3.63, 3.8) is 0 Å². The summed E-state index contributed by atoms with van der Waals surface area (Å²) < 4.78 is 0. The third-order valence-electron chi connectivity index (χ3n) is 5.30. The maximum absolute atomic E-state index is 4.48. The summed E-state index contributed by atoms with van der Waals surface area (Å²) in [5, 5.41) is 0. The van der Waals surface area contributed by atoms with Crippen LogP contribution in [-0.4, -0.2) is 9.97 Å². The highest BCUT2D eigenvalue weighted by molar-refractivity contribution is 5.55. The van der Waals surface area contributed by atoms with E-state index in [0.29, 0.717) is 0 Å². The van der Waals surface area contributed by atoms with Gasteiger partial charge in [-0.2, -0.15) is 0 Å². The molecule has 0 bridgehead atoms. The average Bonchev–Trinajstić information content (AvgIpc) is 2.63. The predicted octanol–water partition coefficient (Wildman–Crippen LogP) is 5.78. The van der Waals surface area contributed by atoms with Gasteiger partial charge in [0.25, 0.3) is 0 Å². The van der Waals surface area contributed by atoms with Gasteiger partial charge in [-0.15, -0.1) is 0 Å². The molecular weight excluding hydrogens is 280 g/mol. The highest BCUT2D eigenvalue weighted by atomic mass is 14.9. The summed E-state index contributed by atoms with van der Waals surface area (Å²) in [6, 6.07) is 8.96. The molecule has 1 aromatic carbocycles. The average molecular weight is 308 g/mol. The van der Waals surface area contributed by atoms with Gasteiger partial charge in [0.2, 0.25) is 0 Å². The monoisotopic (exact) mass is 308 g/mol. The zero-order valence-electron chi connectivity index (χ0n) is 14.5. The van der Waals surface area contributed by atoms with Crippen LogP contribution in [0.5, 0.6) is 0 Å². The van der Waals surface area contributed by atoms with E-state index in [0.717, 1.165) is 29.6 Å². The lowest BCUT2D eigenvalue weighted by Crippen LogP contribution is -2.13. The third kappa shape index (κ3) is 3.99. The Morgan fingerprint density at radius 2 is 1.57 bits per heavy atom. The summed E-state index contributed by atoms with van der Waals surface area (Å²) in [6.07, 6.45) is 13.1. The molecule has 122 valence electrons. The number of rotatable bonds is 5. The molecule has 2 nitrogen and oxygen atoms in total. The van der Waals surface area contributed by atoms with Crippen molar-refractivity contribution in [2.75, 3.05) is 0 Å². The molecule has 0 saturated heterocycles. The highest BCUT2D eigenvalue weighted by Crippen LogP contribution is 2.37. The fraction of sp³-hybridized carbons (Fsp3) is 0.524. The summed E-state index contributed by atoms with van der Waals surface area (Å²) in [6.45, 7) is 4.43. The molecule has 1 aromatic heterocycles. The fourth-order valence-corrected chi connectivity index (χ4v) is 3.78. The van der Waals surface area contributed by atoms with Crippen LogP contribution in [0.15, 0.2) is 36.7 Å². The van der Waals surface area contributed by atoms with Gasteiger partial charge < -0.3 is 0 Å². The summed E-state index contributed by atoms with van der Waals surface area (Å²) in [4.78, 5) is 8.96. The standard InChI is InChI=1S/C21H28N2/c1-3-5-17-6-8-18(9-7-17)19-10-12-20(13-11-19)21-22-14-16(4-2)15-23-21/h10-15,17-18H,3-9H2,1-2H3/t17-,18-. The van der Waals surface area contributed by atoms with Crippen LogP contribution >= 0.6 is 0 Å². The molecule has 0 spiro atoms. The molecule has 23 heavy (non-hydrogen) atoms. The van der Waals surface area contributed by atoms with E-state index in [-0.39, 0.29) is 0 Å². The van der Waals surface area contributed by atoms with E-state index in [1.54, 1.807) is 0 Å². The van der Waals surface area contributed by atoms with Crippen LogP contribution in [0.3, 0.4) is 0 Å². The van der Waals surface area contributed by atoms with E-state index in [9.17, 15) is 0 Å². The minimum absolute atomic E-state index is 0.751. The Balaban J connectivity index is 1.65. The minimum Gasteiger partial charge on any atom is -0.236 e. The zero-order chi connectivity index (χ0) is 16.1. The fourth-order valence-electron chi connectivity index (χ4n) is 3.78. The quantitative estimate of drug-likeness (QED) is 0.699. The van der Waals surface area contributed by atoms with Gasteiger partial charge in [0.05, 0.1) is 0 Å². The first-order chi connectivity index (χ1) is 11.3. The number of aromatic nitrogens is 2. The Morgan fingerprint density at radius 1 is 0.913 bits per heavy atom. The molecule has 0 radical (unpaired) electrons. The van der Waals surface area contributed by atoms with Gasteiger partial charge in [-0.25, -0.2) is 9.97 Å². The lowest BCUT2D eigenvalue weighted by Gasteiger charge is -2.28. The molecule has 0 amide bonds. The summed E-state index contributed by atoms with van der Waals surface area (Å²) in [5.74, 6) is 2.56. The Labute approximate surface area is 140 Å². The molecule has 0 atom stereocenters. The third-order valence-corrected chi connectivity index (χ3v) is 5.30. The van der Waals surface area contributed by atoms with E-state index in [1.807, 2.05) is 12.4 Å². The van der Waals surface area contributed by atoms with Crippen molar-refractivity contribution in [2.24, 2.45) is 5.92 Å². The van der Waals surface area contributed by atoms with Crippen molar-refractivity contribution >= 4 is 0 Å². The van der Waals surface area contributed by atoms with Gasteiger partial charge in [0.1, 0.15) is 0 Å². The van der Waals surface area contributed by atoms with E-state index in [1.165, 1.54) is 49.7 Å². The maximum atomic E-state index is 4.48. The normalized spacial score (nSPS) is 21.3. The van der Waals surface area contributed by atoms with Crippen molar-refractivity contribution in [1.29, 1.82) is 0 Å².